The van der Waals surface area contributed by atoms with E-state index in [1.54, 1.807) is 19.1 Å². The Morgan fingerprint density at radius 2 is 1.73 bits per heavy atom. The Morgan fingerprint density at radius 1 is 1.15 bits per heavy atom. The van der Waals surface area contributed by atoms with Gasteiger partial charge < -0.3 is 24.3 Å². The first-order valence-electron chi connectivity index (χ1n) is 7.62. The van der Waals surface area contributed by atoms with E-state index in [-0.39, 0.29) is 5.57 Å². The third-order valence-electron chi connectivity index (χ3n) is 4.09. The van der Waals surface area contributed by atoms with Crippen LogP contribution in [0, 0.1) is 11.3 Å². The second-order valence-corrected chi connectivity index (χ2v) is 5.87. The predicted octanol–water partition coefficient (Wildman–Crippen LogP) is 2.51. The zero-order chi connectivity index (χ0) is 19.4. The summed E-state index contributed by atoms with van der Waals surface area (Å²) in [7, 11) is 5.79. The van der Waals surface area contributed by atoms with Gasteiger partial charge in [-0.2, -0.15) is 5.26 Å². The van der Waals surface area contributed by atoms with E-state index in [9.17, 15) is 10.1 Å². The lowest BCUT2D eigenvalue weighted by molar-refractivity contribution is -0.136. The monoisotopic (exact) mass is 376 g/mol. The minimum Gasteiger partial charge on any atom is -0.493 e. The SMILES string of the molecule is COC(=O)C1=C(C)NC(S)=C(C#N)C1c1cc(OC)c(OC)c(OC)c1. The van der Waals surface area contributed by atoms with Crippen molar-refractivity contribution in [3.05, 3.63) is 39.6 Å². The number of carbonyl (C=O) groups is 1. The van der Waals surface area contributed by atoms with Crippen molar-refractivity contribution in [2.24, 2.45) is 0 Å². The van der Waals surface area contributed by atoms with Crippen molar-refractivity contribution in [2.75, 3.05) is 28.4 Å². The minimum absolute atomic E-state index is 0.286. The van der Waals surface area contributed by atoms with Crippen molar-refractivity contribution in [1.29, 1.82) is 5.26 Å². The summed E-state index contributed by atoms with van der Waals surface area (Å²) in [5.74, 6) is 0.0272. The number of hydrogen-bond acceptors (Lipinski definition) is 8. The van der Waals surface area contributed by atoms with E-state index in [0.717, 1.165) is 0 Å². The zero-order valence-electron chi connectivity index (χ0n) is 15.2. The fraction of sp³-hybridized carbons (Fsp3) is 0.333. The van der Waals surface area contributed by atoms with Crippen LogP contribution >= 0.6 is 12.6 Å². The van der Waals surface area contributed by atoms with Gasteiger partial charge in [-0.15, -0.1) is 12.6 Å². The number of nitriles is 1. The highest BCUT2D eigenvalue weighted by Gasteiger charge is 2.35. The van der Waals surface area contributed by atoms with Gasteiger partial charge in [0.1, 0.15) is 0 Å². The predicted molar refractivity (Wildman–Crippen MR) is 98.3 cm³/mol. The van der Waals surface area contributed by atoms with Crippen LogP contribution in [0.25, 0.3) is 0 Å². The average molecular weight is 376 g/mol. The van der Waals surface area contributed by atoms with Gasteiger partial charge in [-0.25, -0.2) is 4.79 Å². The van der Waals surface area contributed by atoms with Crippen LogP contribution in [-0.2, 0) is 9.53 Å². The number of esters is 1. The molecular formula is C18H20N2O5S. The van der Waals surface area contributed by atoms with Crippen LogP contribution in [0.2, 0.25) is 0 Å². The van der Waals surface area contributed by atoms with Crippen LogP contribution in [-0.4, -0.2) is 34.4 Å². The normalized spacial score (nSPS) is 16.6. The molecule has 1 unspecified atom stereocenters. The average Bonchev–Trinajstić information content (AvgIpc) is 2.65. The lowest BCUT2D eigenvalue weighted by Gasteiger charge is -2.28. The first kappa shape index (κ1) is 19.5. The molecule has 1 aliphatic heterocycles. The number of carbonyl (C=O) groups excluding carboxylic acids is 1. The second-order valence-electron chi connectivity index (χ2n) is 5.42. The van der Waals surface area contributed by atoms with E-state index in [2.05, 4.69) is 24.0 Å². The minimum atomic E-state index is -0.685. The van der Waals surface area contributed by atoms with Crippen molar-refractivity contribution >= 4 is 18.6 Å². The van der Waals surface area contributed by atoms with Gasteiger partial charge in [-0.1, -0.05) is 0 Å². The molecule has 0 aromatic heterocycles. The van der Waals surface area contributed by atoms with Gasteiger partial charge in [-0.05, 0) is 24.6 Å². The van der Waals surface area contributed by atoms with Gasteiger partial charge in [0.05, 0.1) is 56.6 Å². The molecular weight excluding hydrogens is 356 g/mol. The fourth-order valence-corrected chi connectivity index (χ4v) is 3.26. The number of rotatable bonds is 5. The lowest BCUT2D eigenvalue weighted by atomic mass is 9.82. The molecule has 0 bridgehead atoms. The number of thiol groups is 1. The topological polar surface area (TPSA) is 89.8 Å². The van der Waals surface area contributed by atoms with Gasteiger partial charge in [-0.3, -0.25) is 0 Å². The Balaban J connectivity index is 2.77. The molecule has 1 atom stereocenters. The highest BCUT2D eigenvalue weighted by molar-refractivity contribution is 7.84. The Kier molecular flexibility index (Phi) is 6.05. The van der Waals surface area contributed by atoms with Crippen molar-refractivity contribution in [2.45, 2.75) is 12.8 Å². The van der Waals surface area contributed by atoms with Crippen molar-refractivity contribution in [3.8, 4) is 23.3 Å². The summed E-state index contributed by atoms with van der Waals surface area (Å²) >= 11 is 4.35. The van der Waals surface area contributed by atoms with Crippen molar-refractivity contribution in [3.63, 3.8) is 0 Å². The van der Waals surface area contributed by atoms with Gasteiger partial charge in [0.15, 0.2) is 11.5 Å². The van der Waals surface area contributed by atoms with Crippen LogP contribution in [0.5, 0.6) is 17.2 Å². The molecule has 26 heavy (non-hydrogen) atoms. The number of nitrogens with one attached hydrogen (secondary N) is 1. The lowest BCUT2D eigenvalue weighted by Crippen LogP contribution is -2.27. The molecule has 0 radical (unpaired) electrons. The van der Waals surface area contributed by atoms with Crippen LogP contribution in [0.4, 0.5) is 0 Å². The Bertz CT molecular complexity index is 813. The van der Waals surface area contributed by atoms with Crippen LogP contribution in [0.3, 0.4) is 0 Å². The van der Waals surface area contributed by atoms with Gasteiger partial charge in [0.25, 0.3) is 0 Å². The van der Waals surface area contributed by atoms with E-state index in [1.165, 1.54) is 28.4 Å². The number of allylic oxidation sites excluding steroid dienone is 2. The summed E-state index contributed by atoms with van der Waals surface area (Å²) in [6, 6.07) is 5.52. The molecule has 0 saturated carbocycles. The first-order valence-corrected chi connectivity index (χ1v) is 8.07. The summed E-state index contributed by atoms with van der Waals surface area (Å²) in [4.78, 5) is 12.4. The molecule has 138 valence electrons. The van der Waals surface area contributed by atoms with E-state index in [0.29, 0.717) is 39.1 Å². The van der Waals surface area contributed by atoms with Crippen LogP contribution in [0.15, 0.2) is 34.0 Å². The molecule has 1 N–H and O–H groups in total. The maximum atomic E-state index is 12.4. The molecule has 2 rings (SSSR count). The molecule has 0 aliphatic carbocycles. The fourth-order valence-electron chi connectivity index (χ4n) is 2.91. The number of hydrogen-bond donors (Lipinski definition) is 2. The standard InChI is InChI=1S/C18H20N2O5S/c1-9-14(18(21)25-5)15(11(8-19)17(26)20-9)10-6-12(22-2)16(24-4)13(7-10)23-3/h6-7,15,20,26H,1-5H3. The molecule has 0 spiro atoms. The molecule has 1 aromatic carbocycles. The first-order chi connectivity index (χ1) is 12.4. The maximum absolute atomic E-state index is 12.4. The molecule has 8 heteroatoms. The summed E-state index contributed by atoms with van der Waals surface area (Å²) in [5, 5.41) is 13.0. The van der Waals surface area contributed by atoms with Crippen LogP contribution < -0.4 is 19.5 Å². The number of nitrogens with zero attached hydrogens (tertiary/aromatic N) is 1. The molecule has 0 fully saturated rings. The highest BCUT2D eigenvalue weighted by Crippen LogP contribution is 2.45. The van der Waals surface area contributed by atoms with Crippen molar-refractivity contribution < 1.29 is 23.7 Å². The maximum Gasteiger partial charge on any atom is 0.336 e. The molecule has 1 aliphatic rings. The number of ether oxygens (including phenoxy) is 4. The van der Waals surface area contributed by atoms with Gasteiger partial charge in [0, 0.05) is 5.70 Å². The van der Waals surface area contributed by atoms with E-state index in [1.807, 2.05) is 0 Å². The van der Waals surface area contributed by atoms with Crippen LogP contribution in [0.1, 0.15) is 18.4 Å². The summed E-state index contributed by atoms with van der Waals surface area (Å²) in [6.07, 6.45) is 0. The number of dihydropyridines is 1. The third-order valence-corrected chi connectivity index (χ3v) is 4.44. The Morgan fingerprint density at radius 3 is 2.15 bits per heavy atom. The number of methoxy groups -OCH3 is 4. The quantitative estimate of drug-likeness (QED) is 0.603. The highest BCUT2D eigenvalue weighted by atomic mass is 32.1. The molecule has 1 heterocycles. The Labute approximate surface area is 157 Å². The van der Waals surface area contributed by atoms with Crippen molar-refractivity contribution in [1.82, 2.24) is 5.32 Å². The second kappa shape index (κ2) is 8.06. The van der Waals surface area contributed by atoms with Gasteiger partial charge >= 0.3 is 5.97 Å². The summed E-state index contributed by atoms with van der Waals surface area (Å²) in [5.41, 5.74) is 1.77. The third kappa shape index (κ3) is 3.30. The smallest absolute Gasteiger partial charge is 0.336 e. The largest absolute Gasteiger partial charge is 0.493 e. The van der Waals surface area contributed by atoms with E-state index < -0.39 is 11.9 Å². The molecule has 7 nitrogen and oxygen atoms in total. The zero-order valence-corrected chi connectivity index (χ0v) is 16.1. The molecule has 1 aromatic rings. The van der Waals surface area contributed by atoms with E-state index in [4.69, 9.17) is 18.9 Å². The Hall–Kier alpha value is -2.79. The summed E-state index contributed by atoms with van der Waals surface area (Å²) in [6.45, 7) is 1.72. The number of benzene rings is 1. The molecule has 0 saturated heterocycles. The summed E-state index contributed by atoms with van der Waals surface area (Å²) < 4.78 is 21.0. The van der Waals surface area contributed by atoms with E-state index >= 15 is 0 Å². The molecule has 0 amide bonds. The van der Waals surface area contributed by atoms with Gasteiger partial charge in [0.2, 0.25) is 5.75 Å².